The molecular formula is C13H22N2O3. The summed E-state index contributed by atoms with van der Waals surface area (Å²) in [5.41, 5.74) is 0. The summed E-state index contributed by atoms with van der Waals surface area (Å²) in [4.78, 5) is 24.1. The molecule has 18 heavy (non-hydrogen) atoms. The Balaban J connectivity index is 1.75. The standard InChI is InChI=1S/C13H22N2O3/c1-9(11-4-5-11)6-14-13(18)15(8-12(16)17)7-10-2-3-10/h9-11H,2-8H2,1H3,(H,14,18)(H,16,17). The first kappa shape index (κ1) is 13.2. The lowest BCUT2D eigenvalue weighted by Crippen LogP contribution is -2.45. The van der Waals surface area contributed by atoms with Crippen LogP contribution in [0.1, 0.15) is 32.6 Å². The number of hydrogen-bond acceptors (Lipinski definition) is 2. The Morgan fingerprint density at radius 3 is 2.50 bits per heavy atom. The maximum Gasteiger partial charge on any atom is 0.323 e. The SMILES string of the molecule is CC(CNC(=O)N(CC(=O)O)CC1CC1)C1CC1. The van der Waals surface area contributed by atoms with Crippen molar-refractivity contribution in [2.24, 2.45) is 17.8 Å². The Labute approximate surface area is 108 Å². The van der Waals surface area contributed by atoms with Gasteiger partial charge in [0.1, 0.15) is 6.54 Å². The van der Waals surface area contributed by atoms with Crippen LogP contribution in [0.2, 0.25) is 0 Å². The molecule has 0 aromatic carbocycles. The number of carbonyl (C=O) groups excluding carboxylic acids is 1. The first-order chi connectivity index (χ1) is 8.56. The highest BCUT2D eigenvalue weighted by Crippen LogP contribution is 2.36. The lowest BCUT2D eigenvalue weighted by Gasteiger charge is -2.22. The predicted octanol–water partition coefficient (Wildman–Crippen LogP) is 1.54. The van der Waals surface area contributed by atoms with Crippen molar-refractivity contribution in [3.05, 3.63) is 0 Å². The average molecular weight is 254 g/mol. The Hall–Kier alpha value is -1.26. The van der Waals surface area contributed by atoms with Crippen molar-refractivity contribution in [3.8, 4) is 0 Å². The van der Waals surface area contributed by atoms with Gasteiger partial charge in [-0.2, -0.15) is 0 Å². The summed E-state index contributed by atoms with van der Waals surface area (Å²) in [5, 5.41) is 11.7. The van der Waals surface area contributed by atoms with E-state index < -0.39 is 5.97 Å². The summed E-state index contributed by atoms with van der Waals surface area (Å²) in [7, 11) is 0. The van der Waals surface area contributed by atoms with Crippen molar-refractivity contribution in [3.63, 3.8) is 0 Å². The van der Waals surface area contributed by atoms with Gasteiger partial charge in [-0.25, -0.2) is 4.79 Å². The number of carboxylic acids is 1. The molecule has 5 nitrogen and oxygen atoms in total. The molecule has 0 spiro atoms. The first-order valence-electron chi connectivity index (χ1n) is 6.81. The molecule has 0 heterocycles. The molecule has 0 radical (unpaired) electrons. The third-order valence-corrected chi connectivity index (χ3v) is 3.79. The largest absolute Gasteiger partial charge is 0.480 e. The van der Waals surface area contributed by atoms with Gasteiger partial charge in [0.15, 0.2) is 0 Å². The Bertz CT molecular complexity index is 324. The molecule has 1 unspecified atom stereocenters. The van der Waals surface area contributed by atoms with Gasteiger partial charge in [-0.3, -0.25) is 4.79 Å². The third-order valence-electron chi connectivity index (χ3n) is 3.79. The van der Waals surface area contributed by atoms with E-state index >= 15 is 0 Å². The number of hydrogen-bond donors (Lipinski definition) is 2. The highest BCUT2D eigenvalue weighted by atomic mass is 16.4. The third kappa shape index (κ3) is 4.20. The highest BCUT2D eigenvalue weighted by Gasteiger charge is 2.30. The molecule has 2 rings (SSSR count). The van der Waals surface area contributed by atoms with Gasteiger partial charge in [0, 0.05) is 13.1 Å². The van der Waals surface area contributed by atoms with Gasteiger partial charge in [-0.15, -0.1) is 0 Å². The summed E-state index contributed by atoms with van der Waals surface area (Å²) in [6.07, 6.45) is 4.75. The number of rotatable bonds is 7. The molecule has 1 atom stereocenters. The van der Waals surface area contributed by atoms with Crippen LogP contribution in [0.3, 0.4) is 0 Å². The number of carboxylic acid groups (broad SMARTS) is 1. The van der Waals surface area contributed by atoms with Gasteiger partial charge in [0.25, 0.3) is 0 Å². The quantitative estimate of drug-likeness (QED) is 0.724. The summed E-state index contributed by atoms with van der Waals surface area (Å²) in [5.74, 6) is 0.820. The molecule has 0 aromatic heterocycles. The first-order valence-corrected chi connectivity index (χ1v) is 6.81. The maximum absolute atomic E-state index is 11.9. The molecule has 2 amide bonds. The zero-order valence-corrected chi connectivity index (χ0v) is 10.9. The van der Waals surface area contributed by atoms with E-state index in [0.717, 1.165) is 18.8 Å². The molecule has 2 fully saturated rings. The molecule has 102 valence electrons. The fourth-order valence-electron chi connectivity index (χ4n) is 2.19. The second kappa shape index (κ2) is 5.59. The Morgan fingerprint density at radius 2 is 2.00 bits per heavy atom. The van der Waals surface area contributed by atoms with Crippen LogP contribution in [0, 0.1) is 17.8 Å². The van der Waals surface area contributed by atoms with E-state index in [2.05, 4.69) is 12.2 Å². The Kier molecular flexibility index (Phi) is 4.09. The van der Waals surface area contributed by atoms with E-state index in [1.165, 1.54) is 17.7 Å². The van der Waals surface area contributed by atoms with Crippen LogP contribution >= 0.6 is 0 Å². The van der Waals surface area contributed by atoms with Crippen LogP contribution in [0.15, 0.2) is 0 Å². The minimum Gasteiger partial charge on any atom is -0.480 e. The topological polar surface area (TPSA) is 69.6 Å². The van der Waals surface area contributed by atoms with Crippen molar-refractivity contribution in [1.29, 1.82) is 0 Å². The highest BCUT2D eigenvalue weighted by molar-refractivity contribution is 5.80. The zero-order valence-electron chi connectivity index (χ0n) is 10.9. The molecule has 0 aliphatic heterocycles. The number of aliphatic carboxylic acids is 1. The molecule has 0 saturated heterocycles. The predicted molar refractivity (Wildman–Crippen MR) is 67.2 cm³/mol. The van der Waals surface area contributed by atoms with E-state index in [9.17, 15) is 9.59 Å². The number of nitrogens with zero attached hydrogens (tertiary/aromatic N) is 1. The van der Waals surface area contributed by atoms with E-state index in [4.69, 9.17) is 5.11 Å². The van der Waals surface area contributed by atoms with Crippen molar-refractivity contribution < 1.29 is 14.7 Å². The molecular weight excluding hydrogens is 232 g/mol. The van der Waals surface area contributed by atoms with Gasteiger partial charge in [0.2, 0.25) is 0 Å². The van der Waals surface area contributed by atoms with Crippen LogP contribution in [0.4, 0.5) is 4.79 Å². The number of urea groups is 1. The molecule has 2 aliphatic rings. The summed E-state index contributed by atoms with van der Waals surface area (Å²) < 4.78 is 0. The summed E-state index contributed by atoms with van der Waals surface area (Å²) in [6.45, 7) is 3.18. The molecule has 2 aliphatic carbocycles. The normalized spacial score (nSPS) is 20.3. The fraction of sp³-hybridized carbons (Fsp3) is 0.846. The summed E-state index contributed by atoms with van der Waals surface area (Å²) >= 11 is 0. The number of amides is 2. The number of nitrogens with one attached hydrogen (secondary N) is 1. The van der Waals surface area contributed by atoms with Gasteiger partial charge in [-0.05, 0) is 43.4 Å². The minimum atomic E-state index is -0.943. The smallest absolute Gasteiger partial charge is 0.323 e. The van der Waals surface area contributed by atoms with Gasteiger partial charge < -0.3 is 15.3 Å². The second-order valence-electron chi connectivity index (χ2n) is 5.72. The monoisotopic (exact) mass is 254 g/mol. The van der Waals surface area contributed by atoms with Crippen molar-refractivity contribution >= 4 is 12.0 Å². The van der Waals surface area contributed by atoms with Crippen molar-refractivity contribution in [2.75, 3.05) is 19.6 Å². The molecule has 2 N–H and O–H groups in total. The van der Waals surface area contributed by atoms with Gasteiger partial charge in [-0.1, -0.05) is 6.92 Å². The van der Waals surface area contributed by atoms with Crippen LogP contribution in [-0.4, -0.2) is 41.6 Å². The van der Waals surface area contributed by atoms with Crippen LogP contribution in [-0.2, 0) is 4.79 Å². The van der Waals surface area contributed by atoms with E-state index in [1.807, 2.05) is 0 Å². The molecule has 2 saturated carbocycles. The Morgan fingerprint density at radius 1 is 1.33 bits per heavy atom. The summed E-state index contributed by atoms with van der Waals surface area (Å²) in [6, 6.07) is -0.225. The van der Waals surface area contributed by atoms with E-state index in [1.54, 1.807) is 0 Å². The average Bonchev–Trinajstić information content (AvgIpc) is 3.14. The van der Waals surface area contributed by atoms with E-state index in [0.29, 0.717) is 24.9 Å². The van der Waals surface area contributed by atoms with Gasteiger partial charge in [0.05, 0.1) is 0 Å². The fourth-order valence-corrected chi connectivity index (χ4v) is 2.19. The van der Waals surface area contributed by atoms with Crippen LogP contribution < -0.4 is 5.32 Å². The van der Waals surface area contributed by atoms with E-state index in [-0.39, 0.29) is 12.6 Å². The van der Waals surface area contributed by atoms with Gasteiger partial charge >= 0.3 is 12.0 Å². The molecule has 0 aromatic rings. The minimum absolute atomic E-state index is 0.194. The van der Waals surface area contributed by atoms with Crippen molar-refractivity contribution in [2.45, 2.75) is 32.6 Å². The van der Waals surface area contributed by atoms with Crippen molar-refractivity contribution in [1.82, 2.24) is 10.2 Å². The lowest BCUT2D eigenvalue weighted by atomic mass is 10.1. The second-order valence-corrected chi connectivity index (χ2v) is 5.72. The number of carbonyl (C=O) groups is 2. The lowest BCUT2D eigenvalue weighted by molar-refractivity contribution is -0.137. The maximum atomic E-state index is 11.9. The zero-order chi connectivity index (χ0) is 13.1. The van der Waals surface area contributed by atoms with Crippen LogP contribution in [0.5, 0.6) is 0 Å². The molecule has 5 heteroatoms. The van der Waals surface area contributed by atoms with Crippen LogP contribution in [0.25, 0.3) is 0 Å². The molecule has 0 bridgehead atoms.